The number of rotatable bonds is 2. The molecule has 0 spiro atoms. The van der Waals surface area contributed by atoms with Crippen LogP contribution in [-0.4, -0.2) is 13.6 Å². The Morgan fingerprint density at radius 1 is 1.45 bits per heavy atom. The first-order valence-corrected chi connectivity index (χ1v) is 3.23. The first kappa shape index (κ1) is 7.99. The Hall–Kier alpha value is -1.12. The lowest BCUT2D eigenvalue weighted by Gasteiger charge is -1.97. The van der Waals surface area contributed by atoms with E-state index in [1.165, 1.54) is 18.2 Å². The highest BCUT2D eigenvalue weighted by Gasteiger charge is 2.06. The molecule has 1 aromatic carbocycles. The van der Waals surface area contributed by atoms with Crippen LogP contribution in [0.15, 0.2) is 24.3 Å². The van der Waals surface area contributed by atoms with Gasteiger partial charge in [0.1, 0.15) is 5.82 Å². The van der Waals surface area contributed by atoms with Crippen molar-refractivity contribution in [3.05, 3.63) is 35.6 Å². The molecule has 54 valence electrons. The maximum absolute atomic E-state index is 12.8. The van der Waals surface area contributed by atoms with E-state index in [0.717, 1.165) is 0 Å². The lowest BCUT2D eigenvalue weighted by Crippen LogP contribution is -2.00. The summed E-state index contributed by atoms with van der Waals surface area (Å²) in [5, 5.41) is 0. The SMILES string of the molecule is [B]CC(=O)c1ccccc1F. The maximum atomic E-state index is 12.8. The summed E-state index contributed by atoms with van der Waals surface area (Å²) in [6, 6.07) is 5.79. The normalized spacial score (nSPS) is 9.55. The van der Waals surface area contributed by atoms with Gasteiger partial charge in [-0.1, -0.05) is 12.1 Å². The largest absolute Gasteiger partial charge is 0.295 e. The third kappa shape index (κ3) is 1.67. The van der Waals surface area contributed by atoms with Crippen molar-refractivity contribution >= 4 is 13.6 Å². The van der Waals surface area contributed by atoms with Crippen LogP contribution < -0.4 is 0 Å². The van der Waals surface area contributed by atoms with Crippen LogP contribution in [0.3, 0.4) is 0 Å². The van der Waals surface area contributed by atoms with Gasteiger partial charge in [0.05, 0.1) is 13.4 Å². The molecule has 0 saturated heterocycles. The Bertz CT molecular complexity index is 273. The first-order valence-electron chi connectivity index (χ1n) is 3.23. The van der Waals surface area contributed by atoms with Crippen LogP contribution in [-0.2, 0) is 0 Å². The minimum Gasteiger partial charge on any atom is -0.295 e. The Kier molecular flexibility index (Phi) is 2.42. The minimum absolute atomic E-state index is 0.0648. The van der Waals surface area contributed by atoms with Crippen molar-refractivity contribution in [3.63, 3.8) is 0 Å². The molecule has 0 aliphatic heterocycles. The fraction of sp³-hybridized carbons (Fsp3) is 0.125. The second-order valence-electron chi connectivity index (χ2n) is 2.11. The number of benzene rings is 1. The van der Waals surface area contributed by atoms with E-state index in [1.807, 2.05) is 0 Å². The van der Waals surface area contributed by atoms with Gasteiger partial charge in [0.15, 0.2) is 5.78 Å². The molecule has 11 heavy (non-hydrogen) atoms. The van der Waals surface area contributed by atoms with Gasteiger partial charge in [-0.15, -0.1) is 0 Å². The van der Waals surface area contributed by atoms with Crippen LogP contribution in [0.2, 0.25) is 6.32 Å². The molecule has 0 N–H and O–H groups in total. The van der Waals surface area contributed by atoms with Gasteiger partial charge in [0, 0.05) is 0 Å². The zero-order valence-corrected chi connectivity index (χ0v) is 5.88. The summed E-state index contributed by atoms with van der Waals surface area (Å²) in [5.74, 6) is -0.883. The fourth-order valence-electron chi connectivity index (χ4n) is 0.797. The van der Waals surface area contributed by atoms with Crippen LogP contribution in [0.4, 0.5) is 4.39 Å². The molecular formula is C8H6BFO. The van der Waals surface area contributed by atoms with Gasteiger partial charge in [-0.3, -0.25) is 4.79 Å². The number of hydrogen-bond acceptors (Lipinski definition) is 1. The topological polar surface area (TPSA) is 17.1 Å². The van der Waals surface area contributed by atoms with E-state index in [2.05, 4.69) is 0 Å². The fourth-order valence-corrected chi connectivity index (χ4v) is 0.797. The number of Topliss-reactive ketones (excluding diaryl/α,β-unsaturated/α-hetero) is 1. The Morgan fingerprint density at radius 3 is 2.64 bits per heavy atom. The highest BCUT2D eigenvalue weighted by atomic mass is 19.1. The van der Waals surface area contributed by atoms with E-state index in [-0.39, 0.29) is 17.7 Å². The van der Waals surface area contributed by atoms with Crippen LogP contribution in [0.5, 0.6) is 0 Å². The Labute approximate surface area is 65.6 Å². The van der Waals surface area contributed by atoms with E-state index in [4.69, 9.17) is 7.85 Å². The highest BCUT2D eigenvalue weighted by Crippen LogP contribution is 2.07. The molecule has 0 aliphatic carbocycles. The lowest BCUT2D eigenvalue weighted by molar-refractivity contribution is 0.101. The van der Waals surface area contributed by atoms with Gasteiger partial charge in [0.25, 0.3) is 0 Å². The van der Waals surface area contributed by atoms with E-state index in [9.17, 15) is 9.18 Å². The molecule has 0 heterocycles. The third-order valence-electron chi connectivity index (χ3n) is 1.36. The van der Waals surface area contributed by atoms with Crippen molar-refractivity contribution in [2.24, 2.45) is 0 Å². The summed E-state index contributed by atoms with van der Waals surface area (Å²) >= 11 is 0. The van der Waals surface area contributed by atoms with Crippen LogP contribution in [0.25, 0.3) is 0 Å². The summed E-state index contributed by atoms with van der Waals surface area (Å²) in [6.07, 6.45) is -0.152. The molecule has 0 bridgehead atoms. The van der Waals surface area contributed by atoms with Gasteiger partial charge in [0.2, 0.25) is 0 Å². The van der Waals surface area contributed by atoms with Gasteiger partial charge >= 0.3 is 0 Å². The first-order chi connectivity index (χ1) is 5.25. The average Bonchev–Trinajstić information content (AvgIpc) is 2.04. The van der Waals surface area contributed by atoms with Gasteiger partial charge in [-0.25, -0.2) is 4.39 Å². The molecule has 2 radical (unpaired) electrons. The number of halogens is 1. The standard InChI is InChI=1S/C8H6BFO/c9-5-8(11)6-3-1-2-4-7(6)10/h1-4H,5H2. The molecule has 3 heteroatoms. The molecule has 1 aromatic rings. The number of hydrogen-bond donors (Lipinski definition) is 0. The zero-order valence-electron chi connectivity index (χ0n) is 5.88. The minimum atomic E-state index is -0.511. The molecule has 1 nitrogen and oxygen atoms in total. The quantitative estimate of drug-likeness (QED) is 0.459. The molecule has 0 atom stereocenters. The molecule has 0 aromatic heterocycles. The summed E-state index contributed by atoms with van der Waals surface area (Å²) in [5.41, 5.74) is 0.0648. The number of carbonyl (C=O) groups excluding carboxylic acids is 1. The van der Waals surface area contributed by atoms with Crippen molar-refractivity contribution in [2.75, 3.05) is 0 Å². The summed E-state index contributed by atoms with van der Waals surface area (Å²) in [6.45, 7) is 0. The summed E-state index contributed by atoms with van der Waals surface area (Å²) in [4.78, 5) is 10.9. The smallest absolute Gasteiger partial charge is 0.157 e. The predicted octanol–water partition coefficient (Wildman–Crippen LogP) is 1.60. The summed E-state index contributed by atoms with van der Waals surface area (Å²) in [7, 11) is 5.06. The lowest BCUT2D eigenvalue weighted by atomic mass is 9.96. The van der Waals surface area contributed by atoms with Crippen LogP contribution in [0.1, 0.15) is 10.4 Å². The Balaban J connectivity index is 3.03. The molecule has 0 aliphatic rings. The Morgan fingerprint density at radius 2 is 2.09 bits per heavy atom. The molecule has 0 unspecified atom stereocenters. The highest BCUT2D eigenvalue weighted by molar-refractivity contribution is 6.24. The number of carbonyl (C=O) groups is 1. The predicted molar refractivity (Wildman–Crippen MR) is 41.3 cm³/mol. The van der Waals surface area contributed by atoms with Crippen molar-refractivity contribution in [1.29, 1.82) is 0 Å². The molecule has 0 saturated carbocycles. The van der Waals surface area contributed by atoms with Crippen molar-refractivity contribution < 1.29 is 9.18 Å². The second-order valence-corrected chi connectivity index (χ2v) is 2.11. The van der Waals surface area contributed by atoms with E-state index in [1.54, 1.807) is 6.07 Å². The van der Waals surface area contributed by atoms with Gasteiger partial charge < -0.3 is 0 Å². The van der Waals surface area contributed by atoms with Crippen LogP contribution in [0, 0.1) is 5.82 Å². The van der Waals surface area contributed by atoms with Crippen molar-refractivity contribution in [2.45, 2.75) is 6.32 Å². The second kappa shape index (κ2) is 3.33. The van der Waals surface area contributed by atoms with E-state index in [0.29, 0.717) is 0 Å². The number of ketones is 1. The van der Waals surface area contributed by atoms with Gasteiger partial charge in [-0.2, -0.15) is 0 Å². The van der Waals surface area contributed by atoms with Crippen molar-refractivity contribution in [1.82, 2.24) is 0 Å². The molecular weight excluding hydrogens is 142 g/mol. The van der Waals surface area contributed by atoms with E-state index < -0.39 is 5.82 Å². The molecule has 0 amide bonds. The summed E-state index contributed by atoms with van der Waals surface area (Å²) < 4.78 is 12.8. The zero-order chi connectivity index (χ0) is 8.27. The monoisotopic (exact) mass is 148 g/mol. The third-order valence-corrected chi connectivity index (χ3v) is 1.36. The maximum Gasteiger partial charge on any atom is 0.157 e. The van der Waals surface area contributed by atoms with E-state index >= 15 is 0 Å². The van der Waals surface area contributed by atoms with Crippen molar-refractivity contribution in [3.8, 4) is 0 Å². The van der Waals surface area contributed by atoms with Gasteiger partial charge in [-0.05, 0) is 18.5 Å². The molecule has 0 fully saturated rings. The average molecular weight is 148 g/mol. The molecule has 1 rings (SSSR count). The van der Waals surface area contributed by atoms with Crippen LogP contribution >= 0.6 is 0 Å².